The predicted octanol–water partition coefficient (Wildman–Crippen LogP) is 2.60. The second kappa shape index (κ2) is 9.60. The Hall–Kier alpha value is -0.830. The number of oxazole rings is 1. The molecule has 0 saturated carbocycles. The van der Waals surface area contributed by atoms with Gasteiger partial charge in [0.15, 0.2) is 5.96 Å². The van der Waals surface area contributed by atoms with Gasteiger partial charge in [-0.2, -0.15) is 0 Å². The molecule has 1 fully saturated rings. The van der Waals surface area contributed by atoms with Gasteiger partial charge in [0.2, 0.25) is 5.89 Å². The normalized spacial score (nSPS) is 15.8. The number of aryl methyl sites for hydroxylation is 2. The van der Waals surface area contributed by atoms with Crippen molar-refractivity contribution in [2.75, 3.05) is 47.8 Å². The summed E-state index contributed by atoms with van der Waals surface area (Å²) in [5.41, 5.74) is 1.00. The highest BCUT2D eigenvalue weighted by Gasteiger charge is 2.21. The van der Waals surface area contributed by atoms with Gasteiger partial charge in [0.1, 0.15) is 5.76 Å². The Bertz CT molecular complexity index is 504. The molecule has 0 unspecified atom stereocenters. The van der Waals surface area contributed by atoms with E-state index in [0.29, 0.717) is 5.92 Å². The van der Waals surface area contributed by atoms with Gasteiger partial charge in [-0.15, -0.1) is 24.0 Å². The summed E-state index contributed by atoms with van der Waals surface area (Å²) in [6.45, 7) is 7.91. The highest BCUT2D eigenvalue weighted by molar-refractivity contribution is 14.0. The Morgan fingerprint density at radius 2 is 1.75 bits per heavy atom. The van der Waals surface area contributed by atoms with Crippen LogP contribution in [0, 0.1) is 19.8 Å². The molecule has 1 aliphatic heterocycles. The van der Waals surface area contributed by atoms with E-state index in [1.54, 1.807) is 0 Å². The Kier molecular flexibility index (Phi) is 8.49. The van der Waals surface area contributed by atoms with E-state index >= 15 is 0 Å². The van der Waals surface area contributed by atoms with Crippen LogP contribution in [-0.4, -0.2) is 73.5 Å². The van der Waals surface area contributed by atoms with Crippen LogP contribution >= 0.6 is 24.0 Å². The molecule has 7 heteroatoms. The van der Waals surface area contributed by atoms with Crippen LogP contribution in [0.2, 0.25) is 0 Å². The average Bonchev–Trinajstić information content (AvgIpc) is 2.78. The van der Waals surface area contributed by atoms with Gasteiger partial charge in [-0.3, -0.25) is 9.89 Å². The summed E-state index contributed by atoms with van der Waals surface area (Å²) in [7, 11) is 8.17. The number of nitrogens with zero attached hydrogens (tertiary/aromatic N) is 5. The van der Waals surface area contributed by atoms with Crippen LogP contribution in [0.1, 0.15) is 30.2 Å². The third-order valence-corrected chi connectivity index (χ3v) is 4.43. The number of aromatic nitrogens is 1. The van der Waals surface area contributed by atoms with Crippen molar-refractivity contribution in [1.82, 2.24) is 19.7 Å². The molecule has 6 nitrogen and oxygen atoms in total. The molecule has 1 aromatic heterocycles. The first-order valence-corrected chi connectivity index (χ1v) is 8.41. The monoisotopic (exact) mass is 449 g/mol. The minimum Gasteiger partial charge on any atom is -0.444 e. The zero-order valence-electron chi connectivity index (χ0n) is 15.9. The van der Waals surface area contributed by atoms with Gasteiger partial charge >= 0.3 is 0 Å². The van der Waals surface area contributed by atoms with Gasteiger partial charge in [-0.1, -0.05) is 0 Å². The molecular formula is C17H32IN5O. The van der Waals surface area contributed by atoms with Crippen LogP contribution in [-0.2, 0) is 6.54 Å². The number of piperidine rings is 1. The number of likely N-dealkylation sites (tertiary alicyclic amines) is 1. The van der Waals surface area contributed by atoms with Crippen molar-refractivity contribution in [3.63, 3.8) is 0 Å². The summed E-state index contributed by atoms with van der Waals surface area (Å²) in [4.78, 5) is 15.8. The number of halogens is 1. The molecule has 0 amide bonds. The van der Waals surface area contributed by atoms with Gasteiger partial charge < -0.3 is 14.2 Å². The van der Waals surface area contributed by atoms with E-state index in [4.69, 9.17) is 9.41 Å². The highest BCUT2D eigenvalue weighted by atomic mass is 127. The molecule has 0 N–H and O–H groups in total. The van der Waals surface area contributed by atoms with Gasteiger partial charge in [-0.05, 0) is 45.7 Å². The molecule has 2 heterocycles. The number of hydrogen-bond acceptors (Lipinski definition) is 4. The standard InChI is InChI=1S/C17H31N5O.HI/c1-13-14(2)23-16(19-13)12-22-9-7-15(8-10-22)11-18-17(20(3)4)21(5)6;/h15H,7-12H2,1-6H3;1H. The van der Waals surface area contributed by atoms with Crippen molar-refractivity contribution in [1.29, 1.82) is 0 Å². The van der Waals surface area contributed by atoms with Crippen LogP contribution < -0.4 is 0 Å². The fourth-order valence-electron chi connectivity index (χ4n) is 3.02. The number of guanidine groups is 1. The smallest absolute Gasteiger partial charge is 0.208 e. The molecule has 0 atom stereocenters. The van der Waals surface area contributed by atoms with Crippen molar-refractivity contribution >= 4 is 29.9 Å². The van der Waals surface area contributed by atoms with Gasteiger partial charge in [0, 0.05) is 34.7 Å². The van der Waals surface area contributed by atoms with Crippen LogP contribution in [0.15, 0.2) is 9.41 Å². The number of hydrogen-bond donors (Lipinski definition) is 0. The lowest BCUT2D eigenvalue weighted by Gasteiger charge is -2.31. The van der Waals surface area contributed by atoms with E-state index in [-0.39, 0.29) is 24.0 Å². The molecule has 0 aromatic carbocycles. The molecular weight excluding hydrogens is 417 g/mol. The second-order valence-electron chi connectivity index (χ2n) is 6.90. The molecule has 1 aliphatic rings. The maximum atomic E-state index is 5.69. The third kappa shape index (κ3) is 5.91. The van der Waals surface area contributed by atoms with E-state index in [0.717, 1.165) is 49.5 Å². The topological polar surface area (TPSA) is 48.1 Å². The molecule has 0 aliphatic carbocycles. The molecule has 24 heavy (non-hydrogen) atoms. The minimum absolute atomic E-state index is 0. The first-order valence-electron chi connectivity index (χ1n) is 8.41. The van der Waals surface area contributed by atoms with Crippen molar-refractivity contribution < 1.29 is 4.42 Å². The zero-order valence-corrected chi connectivity index (χ0v) is 18.2. The SMILES string of the molecule is Cc1nc(CN2CCC(CN=C(N(C)C)N(C)C)CC2)oc1C.I. The molecule has 0 spiro atoms. The van der Waals surface area contributed by atoms with E-state index in [1.807, 2.05) is 42.0 Å². The summed E-state index contributed by atoms with van der Waals surface area (Å²) in [6, 6.07) is 0. The van der Waals surface area contributed by atoms with Crippen LogP contribution in [0.3, 0.4) is 0 Å². The fourth-order valence-corrected chi connectivity index (χ4v) is 3.02. The van der Waals surface area contributed by atoms with Gasteiger partial charge in [-0.25, -0.2) is 4.98 Å². The lowest BCUT2D eigenvalue weighted by molar-refractivity contribution is 0.166. The second-order valence-corrected chi connectivity index (χ2v) is 6.90. The van der Waals surface area contributed by atoms with E-state index in [2.05, 4.69) is 19.7 Å². The van der Waals surface area contributed by atoms with Crippen molar-refractivity contribution in [3.8, 4) is 0 Å². The fraction of sp³-hybridized carbons (Fsp3) is 0.765. The van der Waals surface area contributed by atoms with Gasteiger partial charge in [0.05, 0.1) is 12.2 Å². The summed E-state index contributed by atoms with van der Waals surface area (Å²) in [5.74, 6) is 3.50. The van der Waals surface area contributed by atoms with E-state index < -0.39 is 0 Å². The third-order valence-electron chi connectivity index (χ3n) is 4.43. The Labute approximate surface area is 163 Å². The Balaban J connectivity index is 0.00000288. The molecule has 1 saturated heterocycles. The first-order chi connectivity index (χ1) is 10.9. The number of rotatable bonds is 4. The lowest BCUT2D eigenvalue weighted by Crippen LogP contribution is -2.37. The Morgan fingerprint density at radius 1 is 1.17 bits per heavy atom. The van der Waals surface area contributed by atoms with Crippen molar-refractivity contribution in [2.24, 2.45) is 10.9 Å². The predicted molar refractivity (Wildman–Crippen MR) is 109 cm³/mol. The maximum absolute atomic E-state index is 5.69. The maximum Gasteiger partial charge on any atom is 0.208 e. The highest BCUT2D eigenvalue weighted by Crippen LogP contribution is 2.20. The van der Waals surface area contributed by atoms with Crippen LogP contribution in [0.25, 0.3) is 0 Å². The summed E-state index contributed by atoms with van der Waals surface area (Å²) >= 11 is 0. The van der Waals surface area contributed by atoms with E-state index in [1.165, 1.54) is 12.8 Å². The van der Waals surface area contributed by atoms with Crippen LogP contribution in [0.5, 0.6) is 0 Å². The molecule has 138 valence electrons. The summed E-state index contributed by atoms with van der Waals surface area (Å²) in [5, 5.41) is 0. The zero-order chi connectivity index (χ0) is 17.0. The van der Waals surface area contributed by atoms with E-state index in [9.17, 15) is 0 Å². The molecule has 0 bridgehead atoms. The quantitative estimate of drug-likeness (QED) is 0.402. The summed E-state index contributed by atoms with van der Waals surface area (Å²) < 4.78 is 5.69. The van der Waals surface area contributed by atoms with Gasteiger partial charge in [0.25, 0.3) is 0 Å². The van der Waals surface area contributed by atoms with Crippen molar-refractivity contribution in [2.45, 2.75) is 33.2 Å². The molecule has 2 rings (SSSR count). The lowest BCUT2D eigenvalue weighted by atomic mass is 9.97. The van der Waals surface area contributed by atoms with Crippen LogP contribution in [0.4, 0.5) is 0 Å². The number of aliphatic imine (C=N–C) groups is 1. The first kappa shape index (κ1) is 21.2. The largest absolute Gasteiger partial charge is 0.444 e. The van der Waals surface area contributed by atoms with Crippen molar-refractivity contribution in [3.05, 3.63) is 17.3 Å². The molecule has 0 radical (unpaired) electrons. The average molecular weight is 449 g/mol. The summed E-state index contributed by atoms with van der Waals surface area (Å²) in [6.07, 6.45) is 2.38. The molecule has 1 aromatic rings. The minimum atomic E-state index is 0. The Morgan fingerprint density at radius 3 is 2.21 bits per heavy atom.